The average Bonchev–Trinajstić information content (AvgIpc) is 3.57. The highest BCUT2D eigenvalue weighted by molar-refractivity contribution is 5.82. The molecule has 0 aromatic heterocycles. The van der Waals surface area contributed by atoms with E-state index in [-0.39, 0.29) is 47.3 Å². The zero-order chi connectivity index (χ0) is 33.1. The van der Waals surface area contributed by atoms with Crippen molar-refractivity contribution < 1.29 is 23.9 Å². The summed E-state index contributed by atoms with van der Waals surface area (Å²) in [6.45, 7) is 10.8. The third-order valence-corrected chi connectivity index (χ3v) is 13.9. The summed E-state index contributed by atoms with van der Waals surface area (Å²) in [5, 5.41) is 2.86. The third-order valence-electron chi connectivity index (χ3n) is 13.9. The van der Waals surface area contributed by atoms with Crippen molar-refractivity contribution in [2.24, 2.45) is 46.3 Å². The van der Waals surface area contributed by atoms with Crippen molar-refractivity contribution in [3.05, 3.63) is 59.7 Å². The zero-order valence-corrected chi connectivity index (χ0v) is 28.9. The molecule has 0 spiro atoms. The van der Waals surface area contributed by atoms with Gasteiger partial charge in [-0.25, -0.2) is 9.59 Å². The van der Waals surface area contributed by atoms with Crippen molar-refractivity contribution in [2.75, 3.05) is 6.61 Å². The number of hydrogen-bond acceptors (Lipinski definition) is 5. The van der Waals surface area contributed by atoms with Crippen LogP contribution in [0, 0.1) is 46.3 Å². The molecule has 3 unspecified atom stereocenters. The summed E-state index contributed by atoms with van der Waals surface area (Å²) in [6, 6.07) is 15.8. The molecule has 0 heterocycles. The van der Waals surface area contributed by atoms with Gasteiger partial charge in [-0.05, 0) is 127 Å². The SMILES string of the molecule is CC(=O)[C@H]1CCC2C3CC[C@H]4C[C@@H](OC(=O)[C@@H](NC(=O)OCC5c6ccccc6-c6ccccc65)C(C)C)CC[C@]4(C)C3CC[C@@]21C. The van der Waals surface area contributed by atoms with Crippen molar-refractivity contribution in [3.63, 3.8) is 0 Å². The Morgan fingerprint density at radius 3 is 2.13 bits per heavy atom. The summed E-state index contributed by atoms with van der Waals surface area (Å²) in [5.41, 5.74) is 5.11. The summed E-state index contributed by atoms with van der Waals surface area (Å²) in [5.74, 6) is 2.72. The highest BCUT2D eigenvalue weighted by atomic mass is 16.6. The smallest absolute Gasteiger partial charge is 0.407 e. The Balaban J connectivity index is 0.953. The number of hydrogen-bond donors (Lipinski definition) is 1. The first-order valence-electron chi connectivity index (χ1n) is 18.3. The standard InChI is InChI=1S/C41H53NO5/c1-24(2)37(42-39(45)46-23-33-30-12-8-6-10-28(30)29-11-7-9-13-31(29)33)38(44)47-27-18-20-40(4)26(22-27)14-15-32-35-17-16-34(25(3)43)41(35,5)21-19-36(32)40/h6-13,24,26-27,32-37H,14-23H2,1-5H3,(H,42,45)/t26-,27-,32?,34+,35?,36?,37-,40-,41+/m0/s1. The van der Waals surface area contributed by atoms with E-state index in [1.165, 1.54) is 43.2 Å². The lowest BCUT2D eigenvalue weighted by Gasteiger charge is -2.61. The quantitative estimate of drug-likeness (QED) is 0.307. The molecule has 7 rings (SSSR count). The maximum absolute atomic E-state index is 13.6. The van der Waals surface area contributed by atoms with Gasteiger partial charge in [0.1, 0.15) is 24.5 Å². The largest absolute Gasteiger partial charge is 0.461 e. The fourth-order valence-corrected chi connectivity index (χ4v) is 11.5. The van der Waals surface area contributed by atoms with Gasteiger partial charge in [-0.2, -0.15) is 0 Å². The number of amides is 1. The van der Waals surface area contributed by atoms with Gasteiger partial charge in [-0.15, -0.1) is 0 Å². The van der Waals surface area contributed by atoms with Crippen LogP contribution in [0.1, 0.15) is 109 Å². The van der Waals surface area contributed by atoms with Gasteiger partial charge in [-0.1, -0.05) is 76.2 Å². The van der Waals surface area contributed by atoms with Crippen molar-refractivity contribution in [1.82, 2.24) is 5.32 Å². The van der Waals surface area contributed by atoms with E-state index < -0.39 is 12.1 Å². The maximum atomic E-state index is 13.6. The van der Waals surface area contributed by atoms with Gasteiger partial charge in [0.15, 0.2) is 0 Å². The molecule has 5 aliphatic carbocycles. The van der Waals surface area contributed by atoms with Crippen LogP contribution in [0.25, 0.3) is 11.1 Å². The second-order valence-corrected chi connectivity index (χ2v) is 16.5. The Kier molecular flexibility index (Phi) is 8.54. The van der Waals surface area contributed by atoms with Crippen molar-refractivity contribution in [3.8, 4) is 11.1 Å². The summed E-state index contributed by atoms with van der Waals surface area (Å²) < 4.78 is 12.0. The molecule has 0 aliphatic heterocycles. The Morgan fingerprint density at radius 1 is 0.830 bits per heavy atom. The van der Waals surface area contributed by atoms with Crippen LogP contribution in [-0.4, -0.2) is 36.6 Å². The first-order chi connectivity index (χ1) is 22.5. The molecule has 2 aromatic carbocycles. The van der Waals surface area contributed by atoms with E-state index in [9.17, 15) is 14.4 Å². The van der Waals surface area contributed by atoms with Gasteiger partial charge >= 0.3 is 12.1 Å². The second kappa shape index (κ2) is 12.4. The number of benzene rings is 2. The molecule has 6 heteroatoms. The molecule has 252 valence electrons. The normalized spacial score (nSPS) is 34.7. The molecule has 5 aliphatic rings. The zero-order valence-electron chi connectivity index (χ0n) is 28.9. The number of ether oxygens (including phenoxy) is 2. The van der Waals surface area contributed by atoms with Gasteiger partial charge in [0.25, 0.3) is 0 Å². The van der Waals surface area contributed by atoms with Crippen LogP contribution in [0.3, 0.4) is 0 Å². The molecule has 2 aromatic rings. The van der Waals surface area contributed by atoms with E-state index in [1.54, 1.807) is 0 Å². The molecular weight excluding hydrogens is 586 g/mol. The van der Waals surface area contributed by atoms with Crippen molar-refractivity contribution in [2.45, 2.75) is 110 Å². The molecule has 9 atom stereocenters. The molecule has 0 bridgehead atoms. The molecule has 1 N–H and O–H groups in total. The number of nitrogens with one attached hydrogen (secondary N) is 1. The number of alkyl carbamates (subject to hydrolysis) is 1. The summed E-state index contributed by atoms with van der Waals surface area (Å²) >= 11 is 0. The van der Waals surface area contributed by atoms with E-state index in [0.29, 0.717) is 29.5 Å². The Bertz CT molecular complexity index is 1490. The van der Waals surface area contributed by atoms with Crippen LogP contribution in [0.2, 0.25) is 0 Å². The van der Waals surface area contributed by atoms with Crippen molar-refractivity contribution in [1.29, 1.82) is 0 Å². The van der Waals surface area contributed by atoms with Crippen LogP contribution in [0.5, 0.6) is 0 Å². The Morgan fingerprint density at radius 2 is 1.47 bits per heavy atom. The number of rotatable bonds is 7. The Labute approximate surface area is 280 Å². The lowest BCUT2D eigenvalue weighted by molar-refractivity contribution is -0.166. The molecule has 4 saturated carbocycles. The average molecular weight is 640 g/mol. The van der Waals surface area contributed by atoms with Gasteiger partial charge in [-0.3, -0.25) is 4.79 Å². The summed E-state index contributed by atoms with van der Waals surface area (Å²) in [6.07, 6.45) is 9.21. The van der Waals surface area contributed by atoms with E-state index in [4.69, 9.17) is 9.47 Å². The van der Waals surface area contributed by atoms with Crippen LogP contribution >= 0.6 is 0 Å². The minimum absolute atomic E-state index is 0.0358. The number of ketones is 1. The first-order valence-corrected chi connectivity index (χ1v) is 18.3. The highest BCUT2D eigenvalue weighted by Crippen LogP contribution is 2.67. The van der Waals surface area contributed by atoms with E-state index in [1.807, 2.05) is 45.0 Å². The van der Waals surface area contributed by atoms with Gasteiger partial charge in [0, 0.05) is 11.8 Å². The number of carbonyl (C=O) groups is 3. The van der Waals surface area contributed by atoms with Crippen molar-refractivity contribution >= 4 is 17.8 Å². The van der Waals surface area contributed by atoms with E-state index in [0.717, 1.165) is 36.8 Å². The van der Waals surface area contributed by atoms with E-state index >= 15 is 0 Å². The second-order valence-electron chi connectivity index (χ2n) is 16.5. The summed E-state index contributed by atoms with van der Waals surface area (Å²) in [4.78, 5) is 39.2. The molecule has 4 fully saturated rings. The minimum atomic E-state index is -0.762. The molecule has 6 nitrogen and oxygen atoms in total. The first kappa shape index (κ1) is 32.4. The van der Waals surface area contributed by atoms with Crippen LogP contribution < -0.4 is 5.32 Å². The lowest BCUT2D eigenvalue weighted by atomic mass is 9.44. The maximum Gasteiger partial charge on any atom is 0.407 e. The fraction of sp³-hybridized carbons (Fsp3) is 0.634. The van der Waals surface area contributed by atoms with E-state index in [2.05, 4.69) is 43.4 Å². The molecule has 1 amide bonds. The predicted octanol–water partition coefficient (Wildman–Crippen LogP) is 8.71. The number of esters is 1. The molecule has 47 heavy (non-hydrogen) atoms. The topological polar surface area (TPSA) is 81.7 Å². The van der Waals surface area contributed by atoms with Crippen LogP contribution in [-0.2, 0) is 19.1 Å². The predicted molar refractivity (Wildman–Crippen MR) is 183 cm³/mol. The van der Waals surface area contributed by atoms with Crippen LogP contribution in [0.15, 0.2) is 48.5 Å². The van der Waals surface area contributed by atoms with Gasteiger partial charge in [0.05, 0.1) is 0 Å². The van der Waals surface area contributed by atoms with Gasteiger partial charge < -0.3 is 14.8 Å². The number of Topliss-reactive ketones (excluding diaryl/α,β-unsaturated/α-hetero) is 1. The number of fused-ring (bicyclic) bond motifs is 8. The summed E-state index contributed by atoms with van der Waals surface area (Å²) in [7, 11) is 0. The Hall–Kier alpha value is -3.15. The van der Waals surface area contributed by atoms with Gasteiger partial charge in [0.2, 0.25) is 0 Å². The number of carbonyl (C=O) groups excluding carboxylic acids is 3. The third kappa shape index (κ3) is 5.52. The monoisotopic (exact) mass is 639 g/mol. The highest BCUT2D eigenvalue weighted by Gasteiger charge is 2.61. The van der Waals surface area contributed by atoms with Crippen LogP contribution in [0.4, 0.5) is 4.79 Å². The minimum Gasteiger partial charge on any atom is -0.461 e. The molecule has 0 radical (unpaired) electrons. The molecule has 0 saturated heterocycles. The fourth-order valence-electron chi connectivity index (χ4n) is 11.5. The lowest BCUT2D eigenvalue weighted by Crippen LogP contribution is -2.55. The molecular formula is C41H53NO5.